The van der Waals surface area contributed by atoms with Crippen molar-refractivity contribution in [2.45, 2.75) is 12.8 Å². The van der Waals surface area contributed by atoms with Crippen molar-refractivity contribution in [2.75, 3.05) is 13.1 Å². The number of nitrogens with one attached hydrogen (secondary N) is 2. The predicted molar refractivity (Wildman–Crippen MR) is 96.6 cm³/mol. The van der Waals surface area contributed by atoms with Gasteiger partial charge in [-0.2, -0.15) is 0 Å². The predicted octanol–water partition coefficient (Wildman–Crippen LogP) is 1.75. The van der Waals surface area contributed by atoms with Crippen LogP contribution < -0.4 is 15.6 Å². The van der Waals surface area contributed by atoms with Gasteiger partial charge in [-0.15, -0.1) is 0 Å². The van der Waals surface area contributed by atoms with Crippen LogP contribution in [0.15, 0.2) is 54.9 Å². The molecule has 8 nitrogen and oxygen atoms in total. The van der Waals surface area contributed by atoms with Crippen LogP contribution in [0.25, 0.3) is 0 Å². The average Bonchev–Trinajstić information content (AvgIpc) is 2.73. The van der Waals surface area contributed by atoms with Gasteiger partial charge in [0, 0.05) is 30.8 Å². The van der Waals surface area contributed by atoms with Crippen LogP contribution >= 0.6 is 0 Å². The molecular weight excluding hydrogens is 348 g/mol. The second-order valence-electron chi connectivity index (χ2n) is 6.13. The first-order chi connectivity index (χ1) is 13.1. The molecule has 0 saturated carbocycles. The Kier molecular flexibility index (Phi) is 5.98. The Bertz CT molecular complexity index is 790. The third-order valence-electron chi connectivity index (χ3n) is 4.30. The van der Waals surface area contributed by atoms with Crippen LogP contribution in [0.3, 0.4) is 0 Å². The van der Waals surface area contributed by atoms with E-state index in [0.717, 1.165) is 0 Å². The molecule has 1 saturated heterocycles. The molecule has 1 aromatic carbocycles. The van der Waals surface area contributed by atoms with Crippen molar-refractivity contribution in [3.05, 3.63) is 60.4 Å². The molecule has 3 amide bonds. The maximum absolute atomic E-state index is 12.2. The topological polar surface area (TPSA) is 101 Å². The van der Waals surface area contributed by atoms with Gasteiger partial charge in [-0.3, -0.25) is 25.4 Å². The number of carbonyl (C=O) groups is 3. The quantitative estimate of drug-likeness (QED) is 0.804. The minimum atomic E-state index is -0.459. The number of ether oxygens (including phenoxy) is 1. The van der Waals surface area contributed by atoms with Gasteiger partial charge in [0.15, 0.2) is 5.75 Å². The normalized spacial score (nSPS) is 14.3. The molecule has 2 heterocycles. The van der Waals surface area contributed by atoms with E-state index in [-0.39, 0.29) is 17.7 Å². The van der Waals surface area contributed by atoms with Crippen LogP contribution in [0.2, 0.25) is 0 Å². The molecule has 0 spiro atoms. The summed E-state index contributed by atoms with van der Waals surface area (Å²) in [5, 5.41) is 0. The summed E-state index contributed by atoms with van der Waals surface area (Å²) < 4.78 is 5.24. The van der Waals surface area contributed by atoms with Crippen molar-refractivity contribution in [1.29, 1.82) is 0 Å². The Balaban J connectivity index is 1.42. The lowest BCUT2D eigenvalue weighted by molar-refractivity contribution is -0.127. The lowest BCUT2D eigenvalue weighted by Crippen LogP contribution is -2.48. The number of nitrogens with zero attached hydrogens (tertiary/aromatic N) is 2. The Hall–Kier alpha value is -3.42. The van der Waals surface area contributed by atoms with E-state index in [1.54, 1.807) is 47.5 Å². The zero-order valence-corrected chi connectivity index (χ0v) is 14.6. The third-order valence-corrected chi connectivity index (χ3v) is 4.30. The first-order valence-electron chi connectivity index (χ1n) is 8.65. The number of piperidine rings is 1. The Morgan fingerprint density at radius 2 is 1.74 bits per heavy atom. The number of likely N-dealkylation sites (tertiary alicyclic amines) is 1. The maximum atomic E-state index is 12.2. The van der Waals surface area contributed by atoms with E-state index < -0.39 is 6.09 Å². The smallest absolute Gasteiger partial charge is 0.409 e. The molecule has 0 radical (unpaired) electrons. The van der Waals surface area contributed by atoms with E-state index in [4.69, 9.17) is 4.74 Å². The molecule has 1 aliphatic rings. The highest BCUT2D eigenvalue weighted by atomic mass is 16.6. The Morgan fingerprint density at radius 3 is 2.41 bits per heavy atom. The number of rotatable bonds is 3. The molecule has 2 aromatic rings. The number of hydrazine groups is 1. The highest BCUT2D eigenvalue weighted by Crippen LogP contribution is 2.19. The summed E-state index contributed by atoms with van der Waals surface area (Å²) in [4.78, 5) is 41.8. The van der Waals surface area contributed by atoms with Gasteiger partial charge in [0.25, 0.3) is 5.91 Å². The van der Waals surface area contributed by atoms with Crippen LogP contribution in [-0.2, 0) is 4.79 Å². The van der Waals surface area contributed by atoms with Crippen LogP contribution in [0.1, 0.15) is 23.2 Å². The summed E-state index contributed by atoms with van der Waals surface area (Å²) >= 11 is 0. The summed E-state index contributed by atoms with van der Waals surface area (Å²) in [7, 11) is 0. The highest BCUT2D eigenvalue weighted by molar-refractivity contribution is 5.95. The average molecular weight is 368 g/mol. The van der Waals surface area contributed by atoms with E-state index in [1.807, 2.05) is 6.07 Å². The second kappa shape index (κ2) is 8.79. The Morgan fingerprint density at radius 1 is 1.00 bits per heavy atom. The molecule has 1 aliphatic heterocycles. The molecule has 0 aliphatic carbocycles. The van der Waals surface area contributed by atoms with Crippen molar-refractivity contribution in [2.24, 2.45) is 5.92 Å². The number of benzene rings is 1. The standard InChI is InChI=1S/C19H20N4O4/c24-17(14-5-2-1-3-6-14)21-22-18(25)15-8-11-23(12-9-15)19(26)27-16-7-4-10-20-13-16/h1-7,10,13,15H,8-9,11-12H2,(H,21,24)(H,22,25). The Labute approximate surface area is 156 Å². The monoisotopic (exact) mass is 368 g/mol. The summed E-state index contributed by atoms with van der Waals surface area (Å²) in [6.07, 6.45) is 3.59. The number of hydrogen-bond donors (Lipinski definition) is 2. The molecule has 140 valence electrons. The van der Waals surface area contributed by atoms with Gasteiger partial charge < -0.3 is 9.64 Å². The zero-order chi connectivity index (χ0) is 19.1. The molecule has 0 atom stereocenters. The highest BCUT2D eigenvalue weighted by Gasteiger charge is 2.28. The number of aromatic nitrogens is 1. The third kappa shape index (κ3) is 5.04. The van der Waals surface area contributed by atoms with E-state index in [9.17, 15) is 14.4 Å². The van der Waals surface area contributed by atoms with Gasteiger partial charge in [0.2, 0.25) is 5.91 Å². The van der Waals surface area contributed by atoms with Gasteiger partial charge in [-0.05, 0) is 37.1 Å². The molecule has 1 fully saturated rings. The summed E-state index contributed by atoms with van der Waals surface area (Å²) in [6, 6.07) is 12.0. The SMILES string of the molecule is O=C(NNC(=O)C1CCN(C(=O)Oc2cccnc2)CC1)c1ccccc1. The molecule has 3 rings (SSSR count). The van der Waals surface area contributed by atoms with Gasteiger partial charge >= 0.3 is 6.09 Å². The van der Waals surface area contributed by atoms with Gasteiger partial charge in [0.1, 0.15) is 0 Å². The van der Waals surface area contributed by atoms with Crippen molar-refractivity contribution in [3.8, 4) is 5.75 Å². The second-order valence-corrected chi connectivity index (χ2v) is 6.13. The number of hydrogen-bond acceptors (Lipinski definition) is 5. The lowest BCUT2D eigenvalue weighted by atomic mass is 9.96. The lowest BCUT2D eigenvalue weighted by Gasteiger charge is -2.30. The maximum Gasteiger partial charge on any atom is 0.415 e. The van der Waals surface area contributed by atoms with Crippen molar-refractivity contribution < 1.29 is 19.1 Å². The van der Waals surface area contributed by atoms with Gasteiger partial charge in [-0.25, -0.2) is 4.79 Å². The summed E-state index contributed by atoms with van der Waals surface area (Å²) in [5.74, 6) is -0.532. The summed E-state index contributed by atoms with van der Waals surface area (Å²) in [5.41, 5.74) is 5.33. The van der Waals surface area contributed by atoms with E-state index in [1.165, 1.54) is 6.20 Å². The van der Waals surface area contributed by atoms with Crippen molar-refractivity contribution >= 4 is 17.9 Å². The van der Waals surface area contributed by atoms with Crippen LogP contribution in [0.4, 0.5) is 4.79 Å². The number of carbonyl (C=O) groups excluding carboxylic acids is 3. The van der Waals surface area contributed by atoms with Crippen LogP contribution in [0.5, 0.6) is 5.75 Å². The van der Waals surface area contributed by atoms with Crippen molar-refractivity contribution in [1.82, 2.24) is 20.7 Å². The minimum absolute atomic E-state index is 0.264. The van der Waals surface area contributed by atoms with E-state index in [0.29, 0.717) is 37.2 Å². The molecule has 1 aromatic heterocycles. The zero-order valence-electron chi connectivity index (χ0n) is 14.6. The fourth-order valence-corrected chi connectivity index (χ4v) is 2.78. The van der Waals surface area contributed by atoms with Crippen LogP contribution in [0, 0.1) is 5.92 Å². The fourth-order valence-electron chi connectivity index (χ4n) is 2.78. The van der Waals surface area contributed by atoms with E-state index >= 15 is 0 Å². The largest absolute Gasteiger partial charge is 0.415 e. The minimum Gasteiger partial charge on any atom is -0.409 e. The molecule has 8 heteroatoms. The number of amides is 3. The van der Waals surface area contributed by atoms with Crippen molar-refractivity contribution in [3.63, 3.8) is 0 Å². The van der Waals surface area contributed by atoms with E-state index in [2.05, 4.69) is 15.8 Å². The molecule has 0 bridgehead atoms. The fraction of sp³-hybridized carbons (Fsp3) is 0.263. The van der Waals surface area contributed by atoms with Gasteiger partial charge in [-0.1, -0.05) is 18.2 Å². The summed E-state index contributed by atoms with van der Waals surface area (Å²) in [6.45, 7) is 0.813. The molecule has 2 N–H and O–H groups in total. The number of pyridine rings is 1. The van der Waals surface area contributed by atoms with Crippen LogP contribution in [-0.4, -0.2) is 40.9 Å². The first-order valence-corrected chi connectivity index (χ1v) is 8.65. The van der Waals surface area contributed by atoms with Gasteiger partial charge in [0.05, 0.1) is 6.20 Å². The first kappa shape index (κ1) is 18.4. The molecule has 0 unspecified atom stereocenters. The molecular formula is C19H20N4O4. The molecule has 27 heavy (non-hydrogen) atoms.